The Hall–Kier alpha value is -2.56. The Balaban J connectivity index is 1.66. The van der Waals surface area contributed by atoms with Gasteiger partial charge in [-0.05, 0) is 50.5 Å². The van der Waals surface area contributed by atoms with Gasteiger partial charge in [0.2, 0.25) is 10.0 Å². The van der Waals surface area contributed by atoms with Crippen LogP contribution in [0.3, 0.4) is 0 Å². The minimum atomic E-state index is -3.70. The number of hydrazone groups is 1. The predicted octanol–water partition coefficient (Wildman–Crippen LogP) is 2.48. The lowest BCUT2D eigenvalue weighted by Gasteiger charge is -2.12. The van der Waals surface area contributed by atoms with Crippen LogP contribution in [-0.2, 0) is 16.6 Å². The van der Waals surface area contributed by atoms with Crippen molar-refractivity contribution in [2.75, 3.05) is 0 Å². The van der Waals surface area contributed by atoms with Crippen molar-refractivity contribution >= 4 is 38.0 Å². The van der Waals surface area contributed by atoms with Crippen molar-refractivity contribution in [3.63, 3.8) is 0 Å². The highest BCUT2D eigenvalue weighted by Crippen LogP contribution is 2.36. The predicted molar refractivity (Wildman–Crippen MR) is 123 cm³/mol. The van der Waals surface area contributed by atoms with Gasteiger partial charge in [-0.25, -0.2) is 22.5 Å². The van der Waals surface area contributed by atoms with Gasteiger partial charge >= 0.3 is 5.69 Å². The molecule has 1 aliphatic heterocycles. The molecule has 8 nitrogen and oxygen atoms in total. The third-order valence-electron chi connectivity index (χ3n) is 5.59. The fraction of sp³-hybridized carbons (Fsp3) is 0.333. The minimum Gasteiger partial charge on any atom is -0.294 e. The number of aromatic nitrogens is 2. The number of imidazole rings is 1. The van der Waals surface area contributed by atoms with Gasteiger partial charge in [0.05, 0.1) is 27.8 Å². The molecule has 1 aromatic heterocycles. The zero-order valence-corrected chi connectivity index (χ0v) is 18.8. The van der Waals surface area contributed by atoms with Crippen LogP contribution in [0.5, 0.6) is 0 Å². The largest absolute Gasteiger partial charge is 0.335 e. The zero-order valence-electron chi connectivity index (χ0n) is 17.2. The van der Waals surface area contributed by atoms with Crippen molar-refractivity contribution in [1.82, 2.24) is 19.3 Å². The summed E-state index contributed by atoms with van der Waals surface area (Å²) in [5, 5.41) is 4.83. The molecule has 31 heavy (non-hydrogen) atoms. The van der Waals surface area contributed by atoms with Crippen LogP contribution >= 0.6 is 11.8 Å². The first-order valence-electron chi connectivity index (χ1n) is 10.1. The molecule has 10 heteroatoms. The number of fused-ring (bicyclic) bond motifs is 1. The third-order valence-corrected chi connectivity index (χ3v) is 8.17. The number of benzene rings is 2. The average Bonchev–Trinajstić information content (AvgIpc) is 3.18. The molecule has 0 bridgehead atoms. The lowest BCUT2D eigenvalue weighted by molar-refractivity contribution is 0.558. The molecule has 0 radical (unpaired) electrons. The lowest BCUT2D eigenvalue weighted by atomic mass is 10.2. The molecule has 2 aromatic carbocycles. The highest BCUT2D eigenvalue weighted by molar-refractivity contribution is 8.14. The molecule has 1 atom stereocenters. The van der Waals surface area contributed by atoms with Gasteiger partial charge in [0, 0.05) is 5.54 Å². The number of thioether (sulfide) groups is 1. The number of sulfonamides is 1. The monoisotopic (exact) mass is 457 g/mol. The van der Waals surface area contributed by atoms with E-state index in [2.05, 4.69) is 15.2 Å². The number of rotatable bonds is 5. The van der Waals surface area contributed by atoms with Gasteiger partial charge in [-0.15, -0.1) is 0 Å². The fourth-order valence-electron chi connectivity index (χ4n) is 3.64. The maximum Gasteiger partial charge on any atom is 0.335 e. The summed E-state index contributed by atoms with van der Waals surface area (Å²) in [7, 11) is -3.70. The van der Waals surface area contributed by atoms with Gasteiger partial charge < -0.3 is 0 Å². The highest BCUT2D eigenvalue weighted by Gasteiger charge is 2.41. The second-order valence-electron chi connectivity index (χ2n) is 8.29. The first kappa shape index (κ1) is 20.3. The molecule has 3 aromatic rings. The minimum absolute atomic E-state index is 0.0258. The summed E-state index contributed by atoms with van der Waals surface area (Å²) in [5.41, 5.74) is 4.49. The van der Waals surface area contributed by atoms with E-state index in [0.29, 0.717) is 22.7 Å². The summed E-state index contributed by atoms with van der Waals surface area (Å²) in [5.74, 6) is 0. The zero-order chi connectivity index (χ0) is 21.8. The second kappa shape index (κ2) is 7.25. The molecular weight excluding hydrogens is 434 g/mol. The Kier molecular flexibility index (Phi) is 4.76. The number of hydrogen-bond donors (Lipinski definition) is 2. The Morgan fingerprint density at radius 1 is 1.19 bits per heavy atom. The number of nitrogens with zero attached hydrogens (tertiary/aromatic N) is 3. The molecule has 0 spiro atoms. The molecule has 0 amide bonds. The normalized spacial score (nSPS) is 19.9. The smallest absolute Gasteiger partial charge is 0.294 e. The first-order chi connectivity index (χ1) is 14.8. The van der Waals surface area contributed by atoms with E-state index < -0.39 is 10.0 Å². The second-order valence-corrected chi connectivity index (χ2v) is 11.3. The summed E-state index contributed by atoms with van der Waals surface area (Å²) in [6.45, 7) is 4.23. The quantitative estimate of drug-likeness (QED) is 0.614. The SMILES string of the molecule is CC1NN=C(n2c(=O)n(Cc3ccccc3)c3ccc(S(=O)(=O)NC4(C)CC4)cc32)S1. The molecular formula is C21H23N5O3S2. The first-order valence-corrected chi connectivity index (χ1v) is 12.5. The Bertz CT molecular complexity index is 1350. The van der Waals surface area contributed by atoms with E-state index in [0.717, 1.165) is 18.4 Å². The van der Waals surface area contributed by atoms with Crippen LogP contribution in [0.2, 0.25) is 0 Å². The fourth-order valence-corrected chi connectivity index (χ4v) is 5.93. The van der Waals surface area contributed by atoms with Crippen molar-refractivity contribution in [3.8, 4) is 0 Å². The summed E-state index contributed by atoms with van der Waals surface area (Å²) < 4.78 is 31.8. The van der Waals surface area contributed by atoms with E-state index >= 15 is 0 Å². The molecule has 1 aliphatic carbocycles. The molecule has 1 fully saturated rings. The summed E-state index contributed by atoms with van der Waals surface area (Å²) >= 11 is 1.42. The van der Waals surface area contributed by atoms with Gasteiger partial charge in [-0.2, -0.15) is 5.10 Å². The van der Waals surface area contributed by atoms with Crippen molar-refractivity contribution in [1.29, 1.82) is 0 Å². The van der Waals surface area contributed by atoms with E-state index in [1.807, 2.05) is 44.2 Å². The average molecular weight is 458 g/mol. The van der Waals surface area contributed by atoms with E-state index in [1.165, 1.54) is 16.3 Å². The maximum absolute atomic E-state index is 13.4. The van der Waals surface area contributed by atoms with Crippen LogP contribution < -0.4 is 15.8 Å². The topological polar surface area (TPSA) is 97.5 Å². The Morgan fingerprint density at radius 2 is 1.94 bits per heavy atom. The number of nitrogens with one attached hydrogen (secondary N) is 2. The van der Waals surface area contributed by atoms with E-state index in [-0.39, 0.29) is 21.5 Å². The van der Waals surface area contributed by atoms with E-state index in [9.17, 15) is 13.2 Å². The Morgan fingerprint density at radius 3 is 2.58 bits per heavy atom. The molecule has 162 valence electrons. The molecule has 0 saturated heterocycles. The molecule has 2 N–H and O–H groups in total. The van der Waals surface area contributed by atoms with E-state index in [4.69, 9.17) is 0 Å². The van der Waals surface area contributed by atoms with Crippen LogP contribution in [0.4, 0.5) is 0 Å². The van der Waals surface area contributed by atoms with Crippen LogP contribution in [0.15, 0.2) is 63.3 Å². The van der Waals surface area contributed by atoms with Gasteiger partial charge in [0.25, 0.3) is 0 Å². The van der Waals surface area contributed by atoms with Crippen LogP contribution in [0, 0.1) is 0 Å². The maximum atomic E-state index is 13.4. The van der Waals surface area contributed by atoms with E-state index in [1.54, 1.807) is 22.8 Å². The van der Waals surface area contributed by atoms with Crippen LogP contribution in [0.1, 0.15) is 32.3 Å². The Labute approximate surface area is 184 Å². The molecule has 5 rings (SSSR count). The summed E-state index contributed by atoms with van der Waals surface area (Å²) in [4.78, 5) is 13.6. The van der Waals surface area contributed by atoms with Crippen molar-refractivity contribution in [3.05, 3.63) is 64.6 Å². The number of hydrogen-bond acceptors (Lipinski definition) is 6. The molecule has 2 heterocycles. The molecule has 1 unspecified atom stereocenters. The van der Waals surface area contributed by atoms with Crippen molar-refractivity contribution < 1.29 is 8.42 Å². The van der Waals surface area contributed by atoms with Gasteiger partial charge in [0.15, 0.2) is 5.17 Å². The van der Waals surface area contributed by atoms with Gasteiger partial charge in [-0.1, -0.05) is 42.1 Å². The van der Waals surface area contributed by atoms with Crippen molar-refractivity contribution in [2.24, 2.45) is 5.10 Å². The van der Waals surface area contributed by atoms with Crippen molar-refractivity contribution in [2.45, 2.75) is 49.0 Å². The third kappa shape index (κ3) is 3.79. The van der Waals surface area contributed by atoms with Gasteiger partial charge in [-0.3, -0.25) is 9.99 Å². The molecule has 2 aliphatic rings. The standard InChI is InChI=1S/C21H23N5O3S2/c1-14-22-23-19(30-14)26-18-12-16(31(28,29)24-21(2)10-11-21)8-9-17(18)25(20(26)27)13-15-6-4-3-5-7-15/h3-9,12,14,22,24H,10-11,13H2,1-2H3. The molecule has 1 saturated carbocycles. The summed E-state index contributed by atoms with van der Waals surface area (Å²) in [6.07, 6.45) is 1.65. The van der Waals surface area contributed by atoms with Gasteiger partial charge in [0.1, 0.15) is 0 Å². The van der Waals surface area contributed by atoms with Crippen LogP contribution in [0.25, 0.3) is 11.0 Å². The lowest BCUT2D eigenvalue weighted by Crippen LogP contribution is -2.34. The highest BCUT2D eigenvalue weighted by atomic mass is 32.2. The van der Waals surface area contributed by atoms with Crippen LogP contribution in [-0.4, -0.2) is 33.6 Å². The summed E-state index contributed by atoms with van der Waals surface area (Å²) in [6, 6.07) is 14.5.